The van der Waals surface area contributed by atoms with Crippen molar-refractivity contribution < 1.29 is 14.3 Å². The molecule has 0 N–H and O–H groups in total. The molecule has 0 spiro atoms. The number of hydrogen-bond acceptors (Lipinski definition) is 5. The lowest BCUT2D eigenvalue weighted by Crippen LogP contribution is -2.03. The molecule has 2 heterocycles. The monoisotopic (exact) mass is 374 g/mol. The van der Waals surface area contributed by atoms with E-state index in [1.54, 1.807) is 31.4 Å². The summed E-state index contributed by atoms with van der Waals surface area (Å²) in [5.41, 5.74) is 2.09. The van der Waals surface area contributed by atoms with Crippen molar-refractivity contribution in [1.29, 1.82) is 0 Å². The van der Waals surface area contributed by atoms with Gasteiger partial charge in [0.15, 0.2) is 0 Å². The van der Waals surface area contributed by atoms with Crippen molar-refractivity contribution in [2.24, 2.45) is 0 Å². The van der Waals surface area contributed by atoms with Crippen molar-refractivity contribution in [1.82, 2.24) is 0 Å². The Labute approximate surface area is 152 Å². The van der Waals surface area contributed by atoms with E-state index in [1.165, 1.54) is 23.5 Å². The molecule has 2 aliphatic heterocycles. The van der Waals surface area contributed by atoms with Gasteiger partial charge >= 0.3 is 0 Å². The number of allylic oxidation sites excluding steroid dienone is 2. The van der Waals surface area contributed by atoms with E-state index in [4.69, 9.17) is 16.3 Å². The number of carbonyl (C=O) groups excluding carboxylic acids is 2. The van der Waals surface area contributed by atoms with Crippen molar-refractivity contribution in [2.75, 3.05) is 7.11 Å². The van der Waals surface area contributed by atoms with E-state index in [9.17, 15) is 9.59 Å². The first-order chi connectivity index (χ1) is 11.5. The molecule has 6 heteroatoms. The van der Waals surface area contributed by atoms with E-state index in [0.29, 0.717) is 31.7 Å². The van der Waals surface area contributed by atoms with Crippen LogP contribution in [0.4, 0.5) is 0 Å². The van der Waals surface area contributed by atoms with Gasteiger partial charge in [-0.15, -0.1) is 0 Å². The molecule has 0 aromatic heterocycles. The quantitative estimate of drug-likeness (QED) is 0.646. The normalized spacial score (nSPS) is 18.8. The summed E-state index contributed by atoms with van der Waals surface area (Å²) in [7, 11) is 1.59. The molecule has 0 saturated heterocycles. The minimum Gasteiger partial charge on any atom is -0.497 e. The van der Waals surface area contributed by atoms with Crippen LogP contribution in [0.15, 0.2) is 49.9 Å². The van der Waals surface area contributed by atoms with E-state index in [0.717, 1.165) is 15.4 Å². The number of ether oxygens (including phenoxy) is 1. The summed E-state index contributed by atoms with van der Waals surface area (Å²) in [6.45, 7) is 1.86. The maximum atomic E-state index is 12.8. The van der Waals surface area contributed by atoms with Crippen LogP contribution in [0.2, 0.25) is 5.02 Å². The van der Waals surface area contributed by atoms with Crippen molar-refractivity contribution in [2.45, 2.75) is 16.7 Å². The van der Waals surface area contributed by atoms with Crippen LogP contribution >= 0.6 is 35.1 Å². The van der Waals surface area contributed by atoms with E-state index < -0.39 is 0 Å². The first-order valence-corrected chi connectivity index (χ1v) is 9.18. The summed E-state index contributed by atoms with van der Waals surface area (Å²) in [6.07, 6.45) is 0. The Hall–Kier alpha value is -1.69. The molecule has 0 fully saturated rings. The third-order valence-electron chi connectivity index (χ3n) is 3.97. The molecule has 0 amide bonds. The van der Waals surface area contributed by atoms with Gasteiger partial charge in [0.25, 0.3) is 0 Å². The molecule has 24 heavy (non-hydrogen) atoms. The second kappa shape index (κ2) is 5.69. The third-order valence-corrected chi connectivity index (χ3v) is 6.60. The molecule has 0 radical (unpaired) electrons. The Balaban J connectivity index is 1.81. The Morgan fingerprint density at radius 2 is 1.67 bits per heavy atom. The smallest absolute Gasteiger partial charge is 0.202 e. The van der Waals surface area contributed by atoms with E-state index >= 15 is 0 Å². The molecular weight excluding hydrogens is 364 g/mol. The zero-order valence-corrected chi connectivity index (χ0v) is 15.2. The summed E-state index contributed by atoms with van der Waals surface area (Å²) >= 11 is 8.75. The topological polar surface area (TPSA) is 43.4 Å². The predicted molar refractivity (Wildman–Crippen MR) is 96.6 cm³/mol. The van der Waals surface area contributed by atoms with Gasteiger partial charge in [-0.25, -0.2) is 0 Å². The van der Waals surface area contributed by atoms with Gasteiger partial charge < -0.3 is 4.74 Å². The van der Waals surface area contributed by atoms with Crippen LogP contribution in [0.5, 0.6) is 5.75 Å². The number of Topliss-reactive ketones (excluding diaryl/α,β-unsaturated/α-hetero) is 2. The van der Waals surface area contributed by atoms with Gasteiger partial charge in [-0.3, -0.25) is 9.59 Å². The van der Waals surface area contributed by atoms with Crippen LogP contribution in [0.1, 0.15) is 26.3 Å². The number of aryl methyl sites for hydroxylation is 1. The predicted octanol–water partition coefficient (Wildman–Crippen LogP) is 5.15. The number of ketones is 2. The van der Waals surface area contributed by atoms with Crippen molar-refractivity contribution in [3.8, 4) is 5.75 Å². The first kappa shape index (κ1) is 15.8. The fourth-order valence-corrected chi connectivity index (χ4v) is 5.62. The molecule has 4 rings (SSSR count). The number of carbonyl (C=O) groups is 2. The minimum atomic E-state index is -0.106. The number of fused-ring (bicyclic) bond motifs is 2. The number of thioether (sulfide) groups is 2. The highest BCUT2D eigenvalue weighted by Crippen LogP contribution is 2.51. The molecule has 0 aliphatic carbocycles. The standard InChI is InChI=1S/C18H11ClO3S2/c1-8-5-9(19)6-13-14(8)16(21)18(24-13)17-15(20)11-4-3-10(22-2)7-12(11)23-17/h3-7H,1-2H3. The van der Waals surface area contributed by atoms with E-state index in [1.807, 2.05) is 13.0 Å². The van der Waals surface area contributed by atoms with Crippen LogP contribution in [0.25, 0.3) is 0 Å². The van der Waals surface area contributed by atoms with Gasteiger partial charge in [0.05, 0.1) is 16.9 Å². The number of rotatable bonds is 1. The number of hydrogen-bond donors (Lipinski definition) is 0. The highest BCUT2D eigenvalue weighted by molar-refractivity contribution is 8.08. The van der Waals surface area contributed by atoms with Crippen LogP contribution < -0.4 is 4.74 Å². The van der Waals surface area contributed by atoms with Gasteiger partial charge in [0, 0.05) is 25.9 Å². The second-order valence-corrected chi connectivity index (χ2v) is 8.02. The molecule has 0 saturated carbocycles. The lowest BCUT2D eigenvalue weighted by molar-refractivity contribution is 0.101. The fourth-order valence-electron chi connectivity index (χ4n) is 2.83. The largest absolute Gasteiger partial charge is 0.497 e. The summed E-state index contributed by atoms with van der Waals surface area (Å²) in [5, 5.41) is 0.594. The molecule has 3 nitrogen and oxygen atoms in total. The SMILES string of the molecule is COc1ccc2c(c1)SC(=C1Sc3cc(Cl)cc(C)c3C1=O)C2=O. The molecule has 2 aromatic carbocycles. The summed E-state index contributed by atoms with van der Waals surface area (Å²) in [4.78, 5) is 28.2. The zero-order chi connectivity index (χ0) is 17.0. The first-order valence-electron chi connectivity index (χ1n) is 7.17. The highest BCUT2D eigenvalue weighted by atomic mass is 35.5. The van der Waals surface area contributed by atoms with Gasteiger partial charge in [-0.2, -0.15) is 0 Å². The van der Waals surface area contributed by atoms with Crippen LogP contribution in [-0.2, 0) is 0 Å². The average molecular weight is 375 g/mol. The van der Waals surface area contributed by atoms with Crippen molar-refractivity contribution >= 4 is 46.7 Å². The lowest BCUT2D eigenvalue weighted by Gasteiger charge is -2.01. The van der Waals surface area contributed by atoms with Gasteiger partial charge in [-0.1, -0.05) is 35.1 Å². The molecule has 2 aromatic rings. The van der Waals surface area contributed by atoms with Crippen molar-refractivity contribution in [3.05, 3.63) is 61.9 Å². The van der Waals surface area contributed by atoms with Crippen LogP contribution in [-0.4, -0.2) is 18.7 Å². The van der Waals surface area contributed by atoms with E-state index in [-0.39, 0.29) is 11.6 Å². The molecule has 0 bridgehead atoms. The minimum absolute atomic E-state index is 0.0974. The summed E-state index contributed by atoms with van der Waals surface area (Å²) in [6, 6.07) is 8.88. The zero-order valence-electron chi connectivity index (χ0n) is 12.8. The highest BCUT2D eigenvalue weighted by Gasteiger charge is 2.37. The Kier molecular flexibility index (Phi) is 3.75. The van der Waals surface area contributed by atoms with E-state index in [2.05, 4.69) is 0 Å². The molecular formula is C18H11ClO3S2. The van der Waals surface area contributed by atoms with Crippen LogP contribution in [0.3, 0.4) is 0 Å². The Morgan fingerprint density at radius 1 is 0.958 bits per heavy atom. The molecule has 0 unspecified atom stereocenters. The maximum Gasteiger partial charge on any atom is 0.202 e. The molecule has 120 valence electrons. The molecule has 2 aliphatic rings. The Morgan fingerprint density at radius 3 is 2.42 bits per heavy atom. The van der Waals surface area contributed by atoms with Crippen molar-refractivity contribution in [3.63, 3.8) is 0 Å². The molecule has 0 atom stereocenters. The summed E-state index contributed by atoms with van der Waals surface area (Å²) < 4.78 is 5.21. The third kappa shape index (κ3) is 2.31. The van der Waals surface area contributed by atoms with Gasteiger partial charge in [0.2, 0.25) is 11.6 Å². The number of halogens is 1. The number of benzene rings is 2. The van der Waals surface area contributed by atoms with Crippen LogP contribution in [0, 0.1) is 6.92 Å². The lowest BCUT2D eigenvalue weighted by atomic mass is 10.0. The van der Waals surface area contributed by atoms with Gasteiger partial charge in [0.1, 0.15) is 5.75 Å². The summed E-state index contributed by atoms with van der Waals surface area (Å²) in [5.74, 6) is 0.487. The van der Waals surface area contributed by atoms with Gasteiger partial charge in [-0.05, 0) is 42.8 Å². The maximum absolute atomic E-state index is 12.8. The Bertz CT molecular complexity index is 963. The second-order valence-electron chi connectivity index (χ2n) is 5.48. The number of methoxy groups -OCH3 is 1. The average Bonchev–Trinajstić information content (AvgIpc) is 3.04. The fraction of sp³-hybridized carbons (Fsp3) is 0.111.